The quantitative estimate of drug-likeness (QED) is 0.908. The summed E-state index contributed by atoms with van der Waals surface area (Å²) in [6.07, 6.45) is -1.06. The van der Waals surface area contributed by atoms with E-state index < -0.39 is 12.1 Å². The van der Waals surface area contributed by atoms with Crippen LogP contribution in [0.3, 0.4) is 0 Å². The molecule has 5 heteroatoms. The van der Waals surface area contributed by atoms with Crippen LogP contribution < -0.4 is 0 Å². The van der Waals surface area contributed by atoms with Crippen molar-refractivity contribution in [2.75, 3.05) is 0 Å². The summed E-state index contributed by atoms with van der Waals surface area (Å²) in [4.78, 5) is 10.8. The summed E-state index contributed by atoms with van der Waals surface area (Å²) in [5, 5.41) is 12.8. The SMILES string of the molecule is CC(F)c1cccc(-c2cc(C(=O)O)nn2C)c1. The minimum Gasteiger partial charge on any atom is -0.476 e. The van der Waals surface area contributed by atoms with Crippen molar-refractivity contribution in [3.63, 3.8) is 0 Å². The molecule has 0 aliphatic rings. The largest absolute Gasteiger partial charge is 0.476 e. The van der Waals surface area contributed by atoms with Crippen molar-refractivity contribution in [3.05, 3.63) is 41.6 Å². The van der Waals surface area contributed by atoms with Gasteiger partial charge >= 0.3 is 5.97 Å². The molecule has 2 aromatic rings. The molecule has 1 atom stereocenters. The van der Waals surface area contributed by atoms with Gasteiger partial charge in [0, 0.05) is 12.6 Å². The second-order valence-corrected chi connectivity index (χ2v) is 4.09. The number of alkyl halides is 1. The molecule has 0 amide bonds. The maximum atomic E-state index is 13.2. The normalized spacial score (nSPS) is 12.4. The van der Waals surface area contributed by atoms with E-state index >= 15 is 0 Å². The van der Waals surface area contributed by atoms with Crippen molar-refractivity contribution in [2.24, 2.45) is 7.05 Å². The lowest BCUT2D eigenvalue weighted by molar-refractivity contribution is 0.0689. The lowest BCUT2D eigenvalue weighted by Gasteiger charge is -2.06. The van der Waals surface area contributed by atoms with E-state index in [2.05, 4.69) is 5.10 Å². The standard InChI is InChI=1S/C13H13FN2O2/c1-8(14)9-4-3-5-10(6-9)12-7-11(13(17)18)15-16(12)2/h3-8H,1-2H3,(H,17,18). The highest BCUT2D eigenvalue weighted by molar-refractivity contribution is 5.87. The molecule has 0 saturated heterocycles. The number of hydrogen-bond acceptors (Lipinski definition) is 2. The zero-order valence-corrected chi connectivity index (χ0v) is 10.1. The topological polar surface area (TPSA) is 55.1 Å². The van der Waals surface area contributed by atoms with E-state index in [0.29, 0.717) is 11.3 Å². The van der Waals surface area contributed by atoms with E-state index in [0.717, 1.165) is 5.56 Å². The van der Waals surface area contributed by atoms with Crippen LogP contribution in [-0.4, -0.2) is 20.9 Å². The first-order valence-corrected chi connectivity index (χ1v) is 5.51. The number of aromatic carboxylic acids is 1. The Labute approximate surface area is 104 Å². The van der Waals surface area contributed by atoms with Crippen molar-refractivity contribution in [1.29, 1.82) is 0 Å². The van der Waals surface area contributed by atoms with Gasteiger partial charge in [-0.25, -0.2) is 9.18 Å². The zero-order chi connectivity index (χ0) is 13.3. The number of carboxylic acid groups (broad SMARTS) is 1. The third kappa shape index (κ3) is 2.25. The number of rotatable bonds is 3. The third-order valence-corrected chi connectivity index (χ3v) is 2.74. The fourth-order valence-corrected chi connectivity index (χ4v) is 1.79. The average molecular weight is 248 g/mol. The van der Waals surface area contributed by atoms with Crippen LogP contribution in [0.15, 0.2) is 30.3 Å². The van der Waals surface area contributed by atoms with Gasteiger partial charge in [0.05, 0.1) is 5.69 Å². The van der Waals surface area contributed by atoms with Crippen molar-refractivity contribution >= 4 is 5.97 Å². The summed E-state index contributed by atoms with van der Waals surface area (Å²) < 4.78 is 14.7. The molecule has 1 aromatic carbocycles. The number of carbonyl (C=O) groups is 1. The predicted octanol–water partition coefficient (Wildman–Crippen LogP) is 2.82. The Morgan fingerprint density at radius 2 is 2.17 bits per heavy atom. The molecular formula is C13H13FN2O2. The molecule has 1 heterocycles. The third-order valence-electron chi connectivity index (χ3n) is 2.74. The molecule has 2 rings (SSSR count). The van der Waals surface area contributed by atoms with Crippen LogP contribution in [0.1, 0.15) is 29.1 Å². The summed E-state index contributed by atoms with van der Waals surface area (Å²) in [6, 6.07) is 8.42. The first-order valence-electron chi connectivity index (χ1n) is 5.51. The Morgan fingerprint density at radius 3 is 2.72 bits per heavy atom. The van der Waals surface area contributed by atoms with Gasteiger partial charge in [-0.1, -0.05) is 18.2 Å². The van der Waals surface area contributed by atoms with Crippen LogP contribution >= 0.6 is 0 Å². The number of carboxylic acids is 1. The second-order valence-electron chi connectivity index (χ2n) is 4.09. The van der Waals surface area contributed by atoms with Gasteiger partial charge in [-0.05, 0) is 24.6 Å². The monoisotopic (exact) mass is 248 g/mol. The summed E-state index contributed by atoms with van der Waals surface area (Å²) >= 11 is 0. The number of halogens is 1. The Hall–Kier alpha value is -2.17. The highest BCUT2D eigenvalue weighted by Gasteiger charge is 2.13. The van der Waals surface area contributed by atoms with E-state index in [1.54, 1.807) is 31.3 Å². The molecule has 0 bridgehead atoms. The van der Waals surface area contributed by atoms with Gasteiger partial charge in [0.1, 0.15) is 6.17 Å². The summed E-state index contributed by atoms with van der Waals surface area (Å²) in [5.41, 5.74) is 1.94. The minimum atomic E-state index is -1.08. The van der Waals surface area contributed by atoms with Gasteiger partial charge in [0.15, 0.2) is 5.69 Å². The highest BCUT2D eigenvalue weighted by atomic mass is 19.1. The fourth-order valence-electron chi connectivity index (χ4n) is 1.79. The fraction of sp³-hybridized carbons (Fsp3) is 0.231. The van der Waals surface area contributed by atoms with Crippen molar-refractivity contribution < 1.29 is 14.3 Å². The lowest BCUT2D eigenvalue weighted by Crippen LogP contribution is -1.99. The maximum absolute atomic E-state index is 13.2. The van der Waals surface area contributed by atoms with Gasteiger partial charge in [-0.15, -0.1) is 0 Å². The van der Waals surface area contributed by atoms with Crippen LogP contribution in [-0.2, 0) is 7.05 Å². The first kappa shape index (κ1) is 12.3. The van der Waals surface area contributed by atoms with Crippen LogP contribution in [0, 0.1) is 0 Å². The van der Waals surface area contributed by atoms with Crippen molar-refractivity contribution in [1.82, 2.24) is 9.78 Å². The van der Waals surface area contributed by atoms with E-state index in [4.69, 9.17) is 5.11 Å². The van der Waals surface area contributed by atoms with Gasteiger partial charge < -0.3 is 5.11 Å². The molecule has 0 aliphatic heterocycles. The van der Waals surface area contributed by atoms with Crippen LogP contribution in [0.4, 0.5) is 4.39 Å². The van der Waals surface area contributed by atoms with Crippen LogP contribution in [0.5, 0.6) is 0 Å². The zero-order valence-electron chi connectivity index (χ0n) is 10.1. The molecule has 4 nitrogen and oxygen atoms in total. The molecule has 18 heavy (non-hydrogen) atoms. The molecule has 1 aromatic heterocycles. The van der Waals surface area contributed by atoms with Crippen LogP contribution in [0.2, 0.25) is 0 Å². The van der Waals surface area contributed by atoms with Gasteiger partial charge in [-0.3, -0.25) is 4.68 Å². The maximum Gasteiger partial charge on any atom is 0.356 e. The van der Waals surface area contributed by atoms with E-state index in [1.165, 1.54) is 17.7 Å². The first-order chi connectivity index (χ1) is 8.49. The average Bonchev–Trinajstić information content (AvgIpc) is 2.72. The van der Waals surface area contributed by atoms with Gasteiger partial charge in [0.25, 0.3) is 0 Å². The molecule has 0 radical (unpaired) electrons. The number of hydrogen-bond donors (Lipinski definition) is 1. The lowest BCUT2D eigenvalue weighted by atomic mass is 10.1. The minimum absolute atomic E-state index is 0.0220. The van der Waals surface area contributed by atoms with E-state index in [1.807, 2.05) is 0 Å². The summed E-state index contributed by atoms with van der Waals surface area (Å²) in [6.45, 7) is 1.46. The second kappa shape index (κ2) is 4.60. The Balaban J connectivity index is 2.48. The molecule has 0 saturated carbocycles. The van der Waals surface area contributed by atoms with E-state index in [-0.39, 0.29) is 5.69 Å². The molecule has 1 N–H and O–H groups in total. The number of benzene rings is 1. The summed E-state index contributed by atoms with van der Waals surface area (Å²) in [7, 11) is 1.66. The smallest absolute Gasteiger partial charge is 0.356 e. The summed E-state index contributed by atoms with van der Waals surface area (Å²) in [5.74, 6) is -1.08. The molecule has 0 aliphatic carbocycles. The van der Waals surface area contributed by atoms with Crippen molar-refractivity contribution in [2.45, 2.75) is 13.1 Å². The van der Waals surface area contributed by atoms with Crippen molar-refractivity contribution in [3.8, 4) is 11.3 Å². The molecule has 94 valence electrons. The van der Waals surface area contributed by atoms with Crippen LogP contribution in [0.25, 0.3) is 11.3 Å². The van der Waals surface area contributed by atoms with Gasteiger partial charge in [-0.2, -0.15) is 5.10 Å². The number of aryl methyl sites for hydroxylation is 1. The Bertz CT molecular complexity index is 590. The molecule has 0 fully saturated rings. The number of nitrogens with zero attached hydrogens (tertiary/aromatic N) is 2. The Morgan fingerprint density at radius 1 is 1.44 bits per heavy atom. The Kier molecular flexibility index (Phi) is 3.14. The number of aromatic nitrogens is 2. The van der Waals surface area contributed by atoms with Gasteiger partial charge in [0.2, 0.25) is 0 Å². The molecule has 1 unspecified atom stereocenters. The highest BCUT2D eigenvalue weighted by Crippen LogP contribution is 2.25. The predicted molar refractivity (Wildman–Crippen MR) is 65.1 cm³/mol. The molecule has 0 spiro atoms. The van der Waals surface area contributed by atoms with E-state index in [9.17, 15) is 9.18 Å². The molecular weight excluding hydrogens is 235 g/mol.